The highest BCUT2D eigenvalue weighted by molar-refractivity contribution is 5.90. The van der Waals surface area contributed by atoms with Crippen LogP contribution in [0, 0.1) is 0 Å². The number of esters is 1. The zero-order valence-electron chi connectivity index (χ0n) is 16.6. The number of methoxy groups -OCH3 is 1. The van der Waals surface area contributed by atoms with E-state index in [1.807, 2.05) is 60.7 Å². The largest absolute Gasteiger partial charge is 0.464 e. The Balaban J connectivity index is 2.16. The summed E-state index contributed by atoms with van der Waals surface area (Å²) < 4.78 is 9.75. The van der Waals surface area contributed by atoms with Gasteiger partial charge < -0.3 is 20.1 Å². The van der Waals surface area contributed by atoms with Gasteiger partial charge in [-0.05, 0) is 18.1 Å². The Labute approximate surface area is 170 Å². The number of benzene rings is 2. The fourth-order valence-electron chi connectivity index (χ4n) is 2.82. The van der Waals surface area contributed by atoms with Gasteiger partial charge in [0.25, 0.3) is 0 Å². The lowest BCUT2D eigenvalue weighted by atomic mass is 10.0. The Bertz CT molecular complexity index is 795. The molecule has 0 heterocycles. The normalized spacial score (nSPS) is 12.3. The number of ether oxygens (including phenoxy) is 2. The van der Waals surface area contributed by atoms with Gasteiger partial charge in [-0.25, -0.2) is 9.59 Å². The third kappa shape index (κ3) is 7.29. The minimum absolute atomic E-state index is 0.202. The summed E-state index contributed by atoms with van der Waals surface area (Å²) in [7, 11) is 1.23. The maximum atomic E-state index is 12.9. The summed E-state index contributed by atoms with van der Waals surface area (Å²) in [5, 5.41) is 5.25. The van der Waals surface area contributed by atoms with Crippen LogP contribution in [-0.4, -0.2) is 43.8 Å². The quantitative estimate of drug-likeness (QED) is 0.632. The number of carbonyl (C=O) groups is 3. The highest BCUT2D eigenvalue weighted by Crippen LogP contribution is 2.08. The lowest BCUT2D eigenvalue weighted by Gasteiger charge is -2.22. The van der Waals surface area contributed by atoms with Crippen molar-refractivity contribution in [1.29, 1.82) is 0 Å². The Kier molecular flexibility index (Phi) is 8.69. The van der Waals surface area contributed by atoms with Gasteiger partial charge in [0.05, 0.1) is 13.7 Å². The first-order valence-electron chi connectivity index (χ1n) is 9.42. The van der Waals surface area contributed by atoms with Crippen molar-refractivity contribution < 1.29 is 23.9 Å². The summed E-state index contributed by atoms with van der Waals surface area (Å²) in [6, 6.07) is 16.8. The molecule has 2 unspecified atom stereocenters. The Morgan fingerprint density at radius 1 is 0.828 bits per heavy atom. The fraction of sp³-hybridized carbons (Fsp3) is 0.318. The van der Waals surface area contributed by atoms with Crippen LogP contribution in [0.5, 0.6) is 0 Å². The van der Waals surface area contributed by atoms with E-state index < -0.39 is 30.1 Å². The van der Waals surface area contributed by atoms with Crippen LogP contribution in [0.4, 0.5) is 4.79 Å². The summed E-state index contributed by atoms with van der Waals surface area (Å²) in [6.07, 6.45) is -0.193. The second-order valence-electron chi connectivity index (χ2n) is 6.38. The zero-order chi connectivity index (χ0) is 21.1. The average Bonchev–Trinajstić information content (AvgIpc) is 2.74. The second-order valence-corrected chi connectivity index (χ2v) is 6.38. The van der Waals surface area contributed by atoms with E-state index in [-0.39, 0.29) is 19.4 Å². The number of hydrogen-bond acceptors (Lipinski definition) is 5. The molecule has 0 aliphatic heterocycles. The van der Waals surface area contributed by atoms with Gasteiger partial charge in [0.15, 0.2) is 0 Å². The molecule has 2 atom stereocenters. The Morgan fingerprint density at radius 2 is 1.34 bits per heavy atom. The predicted octanol–water partition coefficient (Wildman–Crippen LogP) is 2.24. The highest BCUT2D eigenvalue weighted by Gasteiger charge is 2.28. The monoisotopic (exact) mass is 398 g/mol. The van der Waals surface area contributed by atoms with Gasteiger partial charge >= 0.3 is 12.1 Å². The van der Waals surface area contributed by atoms with Crippen LogP contribution in [-0.2, 0) is 31.9 Å². The van der Waals surface area contributed by atoms with Gasteiger partial charge in [0.2, 0.25) is 5.91 Å². The van der Waals surface area contributed by atoms with E-state index in [0.29, 0.717) is 0 Å². The maximum Gasteiger partial charge on any atom is 0.407 e. The molecule has 29 heavy (non-hydrogen) atoms. The molecule has 0 spiro atoms. The molecule has 0 aliphatic rings. The molecule has 0 saturated carbocycles. The molecule has 0 aliphatic carbocycles. The van der Waals surface area contributed by atoms with E-state index >= 15 is 0 Å². The maximum absolute atomic E-state index is 12.9. The van der Waals surface area contributed by atoms with Crippen LogP contribution in [0.2, 0.25) is 0 Å². The molecule has 2 amide bonds. The van der Waals surface area contributed by atoms with Crippen LogP contribution in [0.3, 0.4) is 0 Å². The summed E-state index contributed by atoms with van der Waals surface area (Å²) in [5.74, 6) is -1.02. The summed E-state index contributed by atoms with van der Waals surface area (Å²) in [5.41, 5.74) is 1.74. The molecule has 7 nitrogen and oxygen atoms in total. The minimum Gasteiger partial charge on any atom is -0.464 e. The lowest BCUT2D eigenvalue weighted by Crippen LogP contribution is -2.53. The highest BCUT2D eigenvalue weighted by atomic mass is 16.5. The van der Waals surface area contributed by atoms with Crippen molar-refractivity contribution in [3.63, 3.8) is 0 Å². The van der Waals surface area contributed by atoms with Crippen molar-refractivity contribution in [3.8, 4) is 0 Å². The van der Waals surface area contributed by atoms with Crippen LogP contribution in [0.25, 0.3) is 0 Å². The molecule has 0 radical (unpaired) electrons. The number of alkyl carbamates (subject to hydrolysis) is 1. The molecule has 2 aromatic carbocycles. The fourth-order valence-corrected chi connectivity index (χ4v) is 2.82. The van der Waals surface area contributed by atoms with Crippen molar-refractivity contribution in [2.45, 2.75) is 31.8 Å². The first-order valence-corrected chi connectivity index (χ1v) is 9.42. The van der Waals surface area contributed by atoms with Crippen molar-refractivity contribution in [3.05, 3.63) is 71.8 Å². The topological polar surface area (TPSA) is 93.7 Å². The van der Waals surface area contributed by atoms with Gasteiger partial charge in [-0.1, -0.05) is 60.7 Å². The van der Waals surface area contributed by atoms with Crippen LogP contribution in [0.1, 0.15) is 18.1 Å². The number of rotatable bonds is 9. The molecular weight excluding hydrogens is 372 g/mol. The lowest BCUT2D eigenvalue weighted by molar-refractivity contribution is -0.147. The molecule has 0 bridgehead atoms. The smallest absolute Gasteiger partial charge is 0.407 e. The van der Waals surface area contributed by atoms with E-state index in [2.05, 4.69) is 15.4 Å². The van der Waals surface area contributed by atoms with Crippen molar-refractivity contribution in [1.82, 2.24) is 10.6 Å². The molecule has 0 saturated heterocycles. The van der Waals surface area contributed by atoms with E-state index in [0.717, 1.165) is 11.1 Å². The van der Waals surface area contributed by atoms with E-state index in [1.165, 1.54) is 7.11 Å². The molecule has 0 fully saturated rings. The number of amides is 2. The minimum atomic E-state index is -0.905. The number of carbonyl (C=O) groups excluding carboxylic acids is 3. The van der Waals surface area contributed by atoms with Gasteiger partial charge in [0.1, 0.15) is 12.1 Å². The molecule has 2 rings (SSSR count). The molecule has 0 aromatic heterocycles. The van der Waals surface area contributed by atoms with Crippen LogP contribution >= 0.6 is 0 Å². The third-order valence-electron chi connectivity index (χ3n) is 4.25. The SMILES string of the molecule is CCOC(=O)C(Cc1ccccc1)NC(=O)C(Cc1ccccc1)NC(=O)OC. The molecular formula is C22H26N2O5. The Morgan fingerprint density at radius 3 is 1.83 bits per heavy atom. The third-order valence-corrected chi connectivity index (χ3v) is 4.25. The molecule has 2 aromatic rings. The van der Waals surface area contributed by atoms with Gasteiger partial charge in [0, 0.05) is 12.8 Å². The van der Waals surface area contributed by atoms with E-state index in [9.17, 15) is 14.4 Å². The molecule has 7 heteroatoms. The number of hydrogen-bond donors (Lipinski definition) is 2. The first kappa shape index (κ1) is 21.9. The van der Waals surface area contributed by atoms with Gasteiger partial charge in [-0.2, -0.15) is 0 Å². The van der Waals surface area contributed by atoms with Crippen LogP contribution < -0.4 is 10.6 Å². The van der Waals surface area contributed by atoms with Gasteiger partial charge in [-0.15, -0.1) is 0 Å². The van der Waals surface area contributed by atoms with Gasteiger partial charge in [-0.3, -0.25) is 4.79 Å². The Hall–Kier alpha value is -3.35. The molecule has 2 N–H and O–H groups in total. The average molecular weight is 398 g/mol. The van der Waals surface area contributed by atoms with E-state index in [4.69, 9.17) is 4.74 Å². The zero-order valence-corrected chi connectivity index (χ0v) is 16.6. The summed E-state index contributed by atoms with van der Waals surface area (Å²) in [6.45, 7) is 1.91. The molecule has 154 valence electrons. The van der Waals surface area contributed by atoms with Crippen molar-refractivity contribution >= 4 is 18.0 Å². The summed E-state index contributed by atoms with van der Waals surface area (Å²) >= 11 is 0. The van der Waals surface area contributed by atoms with E-state index in [1.54, 1.807) is 6.92 Å². The standard InChI is InChI=1S/C22H26N2O5/c1-3-29-21(26)19(15-17-12-8-5-9-13-17)23-20(25)18(24-22(27)28-2)14-16-10-6-4-7-11-16/h4-13,18-19H,3,14-15H2,1-2H3,(H,23,25)(H,24,27). The van der Waals surface area contributed by atoms with Crippen molar-refractivity contribution in [2.24, 2.45) is 0 Å². The first-order chi connectivity index (χ1) is 14.0. The predicted molar refractivity (Wildman–Crippen MR) is 108 cm³/mol. The summed E-state index contributed by atoms with van der Waals surface area (Å²) in [4.78, 5) is 37.0. The van der Waals surface area contributed by atoms with Crippen LogP contribution in [0.15, 0.2) is 60.7 Å². The number of nitrogens with one attached hydrogen (secondary N) is 2. The second kappa shape index (κ2) is 11.5. The van der Waals surface area contributed by atoms with Crippen molar-refractivity contribution in [2.75, 3.05) is 13.7 Å².